The molecule has 0 atom stereocenters. The summed E-state index contributed by atoms with van der Waals surface area (Å²) < 4.78 is 37.2. The highest BCUT2D eigenvalue weighted by atomic mass is 19.3. The van der Waals surface area contributed by atoms with Gasteiger partial charge in [0.05, 0.1) is 14.2 Å². The van der Waals surface area contributed by atoms with Crippen LogP contribution in [0.5, 0.6) is 11.5 Å². The molecule has 5 heteroatoms. The normalized spacial score (nSPS) is 11.9. The fourth-order valence-electron chi connectivity index (χ4n) is 1.61. The van der Waals surface area contributed by atoms with E-state index in [1.807, 2.05) is 0 Å². The Labute approximate surface area is 105 Å². The molecule has 0 aliphatic carbocycles. The van der Waals surface area contributed by atoms with Gasteiger partial charge in [0.15, 0.2) is 11.5 Å². The second-order valence-corrected chi connectivity index (χ2v) is 3.82. The van der Waals surface area contributed by atoms with Gasteiger partial charge in [-0.05, 0) is 17.7 Å². The van der Waals surface area contributed by atoms with Crippen LogP contribution in [-0.2, 0) is 5.92 Å². The molecule has 0 aromatic heterocycles. The van der Waals surface area contributed by atoms with E-state index in [-0.39, 0.29) is 17.9 Å². The van der Waals surface area contributed by atoms with Crippen LogP contribution in [-0.4, -0.2) is 20.8 Å². The highest BCUT2D eigenvalue weighted by Gasteiger charge is 2.28. The summed E-state index contributed by atoms with van der Waals surface area (Å²) in [6.07, 6.45) is 3.16. The minimum atomic E-state index is -2.96. The molecule has 100 valence electrons. The van der Waals surface area contributed by atoms with E-state index in [9.17, 15) is 8.78 Å². The van der Waals surface area contributed by atoms with Crippen molar-refractivity contribution in [1.29, 1.82) is 0 Å². The first kappa shape index (κ1) is 14.4. The van der Waals surface area contributed by atoms with Crippen molar-refractivity contribution in [3.8, 4) is 11.5 Å². The minimum Gasteiger partial charge on any atom is -0.493 e. The standard InChI is InChI=1S/C13H17F2NO2/c1-13(14,15)10-8-12(18-3)11(17-2)7-9(10)5-4-6-16/h4-5,7-8H,6,16H2,1-3H3/b5-4+. The first-order valence-electron chi connectivity index (χ1n) is 5.45. The lowest BCUT2D eigenvalue weighted by atomic mass is 10.0. The number of alkyl halides is 2. The minimum absolute atomic E-state index is 0.121. The van der Waals surface area contributed by atoms with Gasteiger partial charge >= 0.3 is 0 Å². The van der Waals surface area contributed by atoms with E-state index in [2.05, 4.69) is 0 Å². The SMILES string of the molecule is COc1cc(/C=C/CN)c(C(C)(F)F)cc1OC. The molecular formula is C13H17F2NO2. The zero-order valence-electron chi connectivity index (χ0n) is 10.7. The van der Waals surface area contributed by atoms with E-state index in [0.717, 1.165) is 6.92 Å². The lowest BCUT2D eigenvalue weighted by molar-refractivity contribution is 0.0170. The molecule has 0 amide bonds. The quantitative estimate of drug-likeness (QED) is 0.882. The Morgan fingerprint density at radius 3 is 2.22 bits per heavy atom. The molecular weight excluding hydrogens is 240 g/mol. The predicted molar refractivity (Wildman–Crippen MR) is 67.2 cm³/mol. The van der Waals surface area contributed by atoms with Gasteiger partial charge in [-0.3, -0.25) is 0 Å². The number of ether oxygens (including phenoxy) is 2. The third-order valence-electron chi connectivity index (χ3n) is 2.46. The monoisotopic (exact) mass is 257 g/mol. The van der Waals surface area contributed by atoms with Gasteiger partial charge in [0.25, 0.3) is 5.92 Å². The summed E-state index contributed by atoms with van der Waals surface area (Å²) in [4.78, 5) is 0. The first-order valence-corrected chi connectivity index (χ1v) is 5.45. The van der Waals surface area contributed by atoms with Gasteiger partial charge in [-0.25, -0.2) is 8.78 Å². The molecule has 0 fully saturated rings. The van der Waals surface area contributed by atoms with Crippen molar-refractivity contribution < 1.29 is 18.3 Å². The summed E-state index contributed by atoms with van der Waals surface area (Å²) in [5.74, 6) is -2.28. The van der Waals surface area contributed by atoms with Crippen LogP contribution in [0.3, 0.4) is 0 Å². The summed E-state index contributed by atoms with van der Waals surface area (Å²) in [6, 6.07) is 2.80. The molecule has 0 heterocycles. The van der Waals surface area contributed by atoms with Crippen LogP contribution >= 0.6 is 0 Å². The molecule has 0 saturated heterocycles. The summed E-state index contributed by atoms with van der Waals surface area (Å²) in [6.45, 7) is 1.12. The molecule has 0 unspecified atom stereocenters. The van der Waals surface area contributed by atoms with E-state index in [1.54, 1.807) is 12.2 Å². The van der Waals surface area contributed by atoms with Crippen LogP contribution in [0, 0.1) is 0 Å². The largest absolute Gasteiger partial charge is 0.493 e. The molecule has 3 nitrogen and oxygen atoms in total. The van der Waals surface area contributed by atoms with E-state index < -0.39 is 5.92 Å². The molecule has 1 aromatic carbocycles. The number of halogens is 2. The predicted octanol–water partition coefficient (Wildman–Crippen LogP) is 2.79. The third-order valence-corrected chi connectivity index (χ3v) is 2.46. The van der Waals surface area contributed by atoms with Crippen LogP contribution in [0.15, 0.2) is 18.2 Å². The highest BCUT2D eigenvalue weighted by Crippen LogP contribution is 2.38. The lowest BCUT2D eigenvalue weighted by Crippen LogP contribution is -2.10. The summed E-state index contributed by atoms with van der Waals surface area (Å²) in [7, 11) is 2.86. The van der Waals surface area contributed by atoms with E-state index in [4.69, 9.17) is 15.2 Å². The first-order chi connectivity index (χ1) is 8.43. The van der Waals surface area contributed by atoms with E-state index in [0.29, 0.717) is 11.3 Å². The Balaban J connectivity index is 3.41. The number of benzene rings is 1. The van der Waals surface area contributed by atoms with Gasteiger partial charge in [-0.1, -0.05) is 12.2 Å². The number of nitrogens with two attached hydrogens (primary N) is 1. The molecule has 0 bridgehead atoms. The van der Waals surface area contributed by atoms with Crippen LogP contribution in [0.25, 0.3) is 6.08 Å². The fraction of sp³-hybridized carbons (Fsp3) is 0.385. The van der Waals surface area contributed by atoms with Gasteiger partial charge in [0, 0.05) is 19.0 Å². The van der Waals surface area contributed by atoms with Crippen LogP contribution < -0.4 is 15.2 Å². The maximum atomic E-state index is 13.5. The topological polar surface area (TPSA) is 44.5 Å². The van der Waals surface area contributed by atoms with Crippen LogP contribution in [0.2, 0.25) is 0 Å². The van der Waals surface area contributed by atoms with Crippen molar-refractivity contribution in [3.05, 3.63) is 29.3 Å². The second-order valence-electron chi connectivity index (χ2n) is 3.82. The second kappa shape index (κ2) is 5.82. The van der Waals surface area contributed by atoms with Crippen LogP contribution in [0.4, 0.5) is 8.78 Å². The summed E-state index contributed by atoms with van der Waals surface area (Å²) >= 11 is 0. The fourth-order valence-corrected chi connectivity index (χ4v) is 1.61. The molecule has 0 aliphatic rings. The van der Waals surface area contributed by atoms with Crippen molar-refractivity contribution in [2.75, 3.05) is 20.8 Å². The number of hydrogen-bond donors (Lipinski definition) is 1. The maximum absolute atomic E-state index is 13.5. The number of rotatable bonds is 5. The highest BCUT2D eigenvalue weighted by molar-refractivity contribution is 5.61. The third kappa shape index (κ3) is 3.20. The molecule has 2 N–H and O–H groups in total. The van der Waals surface area contributed by atoms with Crippen molar-refractivity contribution in [3.63, 3.8) is 0 Å². The van der Waals surface area contributed by atoms with Crippen molar-refractivity contribution >= 4 is 6.08 Å². The lowest BCUT2D eigenvalue weighted by Gasteiger charge is -2.17. The van der Waals surface area contributed by atoms with Crippen molar-refractivity contribution in [2.24, 2.45) is 5.73 Å². The Kier molecular flexibility index (Phi) is 4.67. The molecule has 0 spiro atoms. The Hall–Kier alpha value is -1.62. The summed E-state index contributed by atoms with van der Waals surface area (Å²) in [5.41, 5.74) is 5.58. The molecule has 0 saturated carbocycles. The molecule has 0 radical (unpaired) electrons. The zero-order valence-corrected chi connectivity index (χ0v) is 10.7. The molecule has 18 heavy (non-hydrogen) atoms. The van der Waals surface area contributed by atoms with Gasteiger partial charge in [0.1, 0.15) is 0 Å². The van der Waals surface area contributed by atoms with Gasteiger partial charge in [0.2, 0.25) is 0 Å². The van der Waals surface area contributed by atoms with Gasteiger partial charge in [-0.2, -0.15) is 0 Å². The van der Waals surface area contributed by atoms with Crippen LogP contribution in [0.1, 0.15) is 18.1 Å². The Morgan fingerprint density at radius 2 is 1.78 bits per heavy atom. The Bertz CT molecular complexity index is 439. The molecule has 0 aliphatic heterocycles. The van der Waals surface area contributed by atoms with E-state index in [1.165, 1.54) is 26.4 Å². The smallest absolute Gasteiger partial charge is 0.271 e. The summed E-state index contributed by atoms with van der Waals surface area (Å²) in [5, 5.41) is 0. The molecule has 1 aromatic rings. The van der Waals surface area contributed by atoms with Crippen molar-refractivity contribution in [2.45, 2.75) is 12.8 Å². The van der Waals surface area contributed by atoms with Gasteiger partial charge in [-0.15, -0.1) is 0 Å². The molecule has 1 rings (SSSR count). The average molecular weight is 257 g/mol. The maximum Gasteiger partial charge on any atom is 0.271 e. The van der Waals surface area contributed by atoms with Crippen molar-refractivity contribution in [1.82, 2.24) is 0 Å². The van der Waals surface area contributed by atoms with E-state index >= 15 is 0 Å². The average Bonchev–Trinajstić information content (AvgIpc) is 2.33. The van der Waals surface area contributed by atoms with Gasteiger partial charge < -0.3 is 15.2 Å². The number of methoxy groups -OCH3 is 2. The zero-order chi connectivity index (χ0) is 13.8. The number of hydrogen-bond acceptors (Lipinski definition) is 3. The Morgan fingerprint density at radius 1 is 1.22 bits per heavy atom.